The standard InChI is InChI=1S/C15H12BrFN2O2/c16-9-2-3-10(11(17)6-9)15(18)8-1-4-13-12(5-8)19-14(20)7-21-13/h1-6,15H,7,18H2,(H,19,20). The van der Waals surface area contributed by atoms with Gasteiger partial charge in [-0.1, -0.05) is 28.1 Å². The van der Waals surface area contributed by atoms with Crippen LogP contribution in [0.2, 0.25) is 0 Å². The van der Waals surface area contributed by atoms with E-state index in [2.05, 4.69) is 21.2 Å². The summed E-state index contributed by atoms with van der Waals surface area (Å²) in [4.78, 5) is 11.3. The van der Waals surface area contributed by atoms with Gasteiger partial charge >= 0.3 is 0 Å². The van der Waals surface area contributed by atoms with Crippen LogP contribution in [-0.4, -0.2) is 12.5 Å². The number of hydrogen-bond acceptors (Lipinski definition) is 3. The van der Waals surface area contributed by atoms with Crippen molar-refractivity contribution in [1.29, 1.82) is 0 Å². The van der Waals surface area contributed by atoms with Gasteiger partial charge < -0.3 is 15.8 Å². The van der Waals surface area contributed by atoms with E-state index in [4.69, 9.17) is 10.5 Å². The summed E-state index contributed by atoms with van der Waals surface area (Å²) < 4.78 is 19.9. The number of carbonyl (C=O) groups is 1. The molecule has 2 aromatic carbocycles. The molecule has 3 N–H and O–H groups in total. The van der Waals surface area contributed by atoms with Crippen LogP contribution in [0, 0.1) is 5.82 Å². The molecule has 2 aromatic rings. The van der Waals surface area contributed by atoms with Crippen molar-refractivity contribution in [2.45, 2.75) is 6.04 Å². The summed E-state index contributed by atoms with van der Waals surface area (Å²) in [5.41, 5.74) is 7.76. The van der Waals surface area contributed by atoms with Gasteiger partial charge in [0.05, 0.1) is 11.7 Å². The lowest BCUT2D eigenvalue weighted by Gasteiger charge is -2.20. The third-order valence-electron chi connectivity index (χ3n) is 3.29. The van der Waals surface area contributed by atoms with E-state index >= 15 is 0 Å². The van der Waals surface area contributed by atoms with Crippen LogP contribution in [-0.2, 0) is 4.79 Å². The SMILES string of the molecule is NC(c1ccc2c(c1)NC(=O)CO2)c1ccc(Br)cc1F. The van der Waals surface area contributed by atoms with Crippen LogP contribution in [0.4, 0.5) is 10.1 Å². The zero-order chi connectivity index (χ0) is 15.0. The Morgan fingerprint density at radius 1 is 1.29 bits per heavy atom. The summed E-state index contributed by atoms with van der Waals surface area (Å²) >= 11 is 3.21. The van der Waals surface area contributed by atoms with Crippen molar-refractivity contribution in [3.8, 4) is 5.75 Å². The third-order valence-corrected chi connectivity index (χ3v) is 3.79. The van der Waals surface area contributed by atoms with Crippen molar-refractivity contribution in [2.75, 3.05) is 11.9 Å². The van der Waals surface area contributed by atoms with Gasteiger partial charge in [-0.25, -0.2) is 4.39 Å². The van der Waals surface area contributed by atoms with E-state index < -0.39 is 6.04 Å². The van der Waals surface area contributed by atoms with Crippen molar-refractivity contribution in [1.82, 2.24) is 0 Å². The molecule has 0 saturated heterocycles. The number of carbonyl (C=O) groups excluding carboxylic acids is 1. The Balaban J connectivity index is 1.96. The zero-order valence-corrected chi connectivity index (χ0v) is 12.5. The first-order valence-electron chi connectivity index (χ1n) is 6.32. The van der Waals surface area contributed by atoms with E-state index in [-0.39, 0.29) is 18.3 Å². The average molecular weight is 351 g/mol. The Bertz CT molecular complexity index is 721. The Hall–Kier alpha value is -1.92. The van der Waals surface area contributed by atoms with Crippen LogP contribution in [0.15, 0.2) is 40.9 Å². The molecule has 1 unspecified atom stereocenters. The quantitative estimate of drug-likeness (QED) is 0.874. The second-order valence-electron chi connectivity index (χ2n) is 4.74. The molecule has 1 amide bonds. The molecule has 3 rings (SSSR count). The van der Waals surface area contributed by atoms with E-state index in [1.165, 1.54) is 6.07 Å². The number of nitrogens with one attached hydrogen (secondary N) is 1. The maximum Gasteiger partial charge on any atom is 0.262 e. The molecule has 1 heterocycles. The van der Waals surface area contributed by atoms with Crippen LogP contribution >= 0.6 is 15.9 Å². The molecule has 0 fully saturated rings. The second-order valence-corrected chi connectivity index (χ2v) is 5.65. The minimum absolute atomic E-state index is 0.000257. The predicted molar refractivity (Wildman–Crippen MR) is 80.7 cm³/mol. The highest BCUT2D eigenvalue weighted by Crippen LogP contribution is 2.32. The molecule has 1 aliphatic heterocycles. The highest BCUT2D eigenvalue weighted by Gasteiger charge is 2.19. The van der Waals surface area contributed by atoms with Gasteiger partial charge in [-0.2, -0.15) is 0 Å². The van der Waals surface area contributed by atoms with Gasteiger partial charge in [-0.3, -0.25) is 4.79 Å². The molecule has 0 bridgehead atoms. The van der Waals surface area contributed by atoms with Gasteiger partial charge in [0.1, 0.15) is 11.6 Å². The fourth-order valence-corrected chi connectivity index (χ4v) is 2.56. The molecule has 4 nitrogen and oxygen atoms in total. The van der Waals surface area contributed by atoms with E-state index in [9.17, 15) is 9.18 Å². The number of halogens is 2. The van der Waals surface area contributed by atoms with Gasteiger partial charge in [0.15, 0.2) is 6.61 Å². The summed E-state index contributed by atoms with van der Waals surface area (Å²) in [6.07, 6.45) is 0. The Kier molecular flexibility index (Phi) is 3.65. The first kappa shape index (κ1) is 14.0. The monoisotopic (exact) mass is 350 g/mol. The molecule has 0 aromatic heterocycles. The van der Waals surface area contributed by atoms with E-state index in [0.717, 1.165) is 0 Å². The molecule has 1 aliphatic rings. The van der Waals surface area contributed by atoms with E-state index in [0.29, 0.717) is 27.0 Å². The Labute approximate surface area is 129 Å². The normalized spacial score (nSPS) is 14.9. The number of benzene rings is 2. The largest absolute Gasteiger partial charge is 0.482 e. The number of hydrogen-bond donors (Lipinski definition) is 2. The van der Waals surface area contributed by atoms with Crippen LogP contribution < -0.4 is 15.8 Å². The summed E-state index contributed by atoms with van der Waals surface area (Å²) in [5, 5.41) is 2.71. The third kappa shape index (κ3) is 2.77. The molecule has 6 heteroatoms. The number of amides is 1. The van der Waals surface area contributed by atoms with Crippen LogP contribution in [0.1, 0.15) is 17.2 Å². The summed E-state index contributed by atoms with van der Waals surface area (Å²) in [6.45, 7) is -0.000257. The summed E-state index contributed by atoms with van der Waals surface area (Å²) in [5.74, 6) is -0.0141. The maximum atomic E-state index is 14.0. The topological polar surface area (TPSA) is 64.3 Å². The molecule has 0 spiro atoms. The van der Waals surface area contributed by atoms with Crippen molar-refractivity contribution in [2.24, 2.45) is 5.73 Å². The van der Waals surface area contributed by atoms with E-state index in [1.807, 2.05) is 0 Å². The van der Waals surface area contributed by atoms with Gasteiger partial charge in [-0.15, -0.1) is 0 Å². The molecule has 21 heavy (non-hydrogen) atoms. The number of nitrogens with two attached hydrogens (primary N) is 1. The minimum Gasteiger partial charge on any atom is -0.482 e. The van der Waals surface area contributed by atoms with Gasteiger partial charge in [0.25, 0.3) is 5.91 Å². The number of rotatable bonds is 2. The highest BCUT2D eigenvalue weighted by molar-refractivity contribution is 9.10. The van der Waals surface area contributed by atoms with Crippen LogP contribution in [0.25, 0.3) is 0 Å². The molecule has 0 radical (unpaired) electrons. The maximum absolute atomic E-state index is 14.0. The summed E-state index contributed by atoms with van der Waals surface area (Å²) in [7, 11) is 0. The molecular weight excluding hydrogens is 339 g/mol. The van der Waals surface area contributed by atoms with Crippen LogP contribution in [0.3, 0.4) is 0 Å². The zero-order valence-electron chi connectivity index (χ0n) is 10.9. The van der Waals surface area contributed by atoms with Gasteiger partial charge in [0, 0.05) is 10.0 Å². The van der Waals surface area contributed by atoms with Gasteiger partial charge in [0.2, 0.25) is 0 Å². The minimum atomic E-state index is -0.623. The lowest BCUT2D eigenvalue weighted by molar-refractivity contribution is -0.118. The lowest BCUT2D eigenvalue weighted by Crippen LogP contribution is -2.25. The first-order valence-corrected chi connectivity index (χ1v) is 7.11. The Morgan fingerprint density at radius 3 is 2.86 bits per heavy atom. The van der Waals surface area contributed by atoms with Crippen molar-refractivity contribution in [3.05, 3.63) is 57.8 Å². The van der Waals surface area contributed by atoms with Gasteiger partial charge in [-0.05, 0) is 29.8 Å². The number of ether oxygens (including phenoxy) is 1. The lowest BCUT2D eigenvalue weighted by atomic mass is 9.98. The first-order chi connectivity index (χ1) is 10.0. The molecule has 108 valence electrons. The van der Waals surface area contributed by atoms with Crippen molar-refractivity contribution < 1.29 is 13.9 Å². The molecule has 0 aliphatic carbocycles. The number of fused-ring (bicyclic) bond motifs is 1. The fourth-order valence-electron chi connectivity index (χ4n) is 2.23. The Morgan fingerprint density at radius 2 is 2.10 bits per heavy atom. The second kappa shape index (κ2) is 5.46. The predicted octanol–water partition coefficient (Wildman–Crippen LogP) is 2.97. The highest BCUT2D eigenvalue weighted by atomic mass is 79.9. The number of anilines is 1. The molecule has 1 atom stereocenters. The molecule has 0 saturated carbocycles. The fraction of sp³-hybridized carbons (Fsp3) is 0.133. The van der Waals surface area contributed by atoms with Crippen LogP contribution in [0.5, 0.6) is 5.75 Å². The smallest absolute Gasteiger partial charge is 0.262 e. The van der Waals surface area contributed by atoms with Crippen molar-refractivity contribution >= 4 is 27.5 Å². The average Bonchev–Trinajstić information content (AvgIpc) is 2.46. The van der Waals surface area contributed by atoms with Crippen molar-refractivity contribution in [3.63, 3.8) is 0 Å². The summed E-state index contributed by atoms with van der Waals surface area (Å²) in [6, 6.07) is 9.32. The van der Waals surface area contributed by atoms with E-state index in [1.54, 1.807) is 30.3 Å². The molecular formula is C15H12BrFN2O2.